The maximum absolute atomic E-state index is 12.5. The molecule has 170 valence electrons. The number of ether oxygens (including phenoxy) is 1. The lowest BCUT2D eigenvalue weighted by molar-refractivity contribution is 0.0904. The number of para-hydroxylation sites is 1. The molecule has 3 rings (SSSR count). The van der Waals surface area contributed by atoms with Crippen LogP contribution in [-0.2, 0) is 21.3 Å². The van der Waals surface area contributed by atoms with Crippen molar-refractivity contribution in [1.29, 1.82) is 0 Å². The first-order valence-electron chi connectivity index (χ1n) is 10.5. The Hall–Kier alpha value is -2.43. The van der Waals surface area contributed by atoms with Gasteiger partial charge in [0, 0.05) is 52.2 Å². The highest BCUT2D eigenvalue weighted by molar-refractivity contribution is 7.89. The summed E-state index contributed by atoms with van der Waals surface area (Å²) in [7, 11) is -1.57. The van der Waals surface area contributed by atoms with Crippen molar-refractivity contribution >= 4 is 16.0 Å². The smallest absolute Gasteiger partial charge is 0.216 e. The Morgan fingerprint density at radius 1 is 1.19 bits per heavy atom. The van der Waals surface area contributed by atoms with Crippen LogP contribution in [0.5, 0.6) is 0 Å². The fraction of sp³-hybridized carbons (Fsp3) is 0.524. The number of benzene rings is 1. The first-order chi connectivity index (χ1) is 14.9. The summed E-state index contributed by atoms with van der Waals surface area (Å²) < 4.78 is 33.9. The molecule has 1 aromatic heterocycles. The number of aromatic nitrogens is 2. The summed E-state index contributed by atoms with van der Waals surface area (Å²) in [6.45, 7) is 6.67. The molecule has 0 amide bonds. The van der Waals surface area contributed by atoms with Gasteiger partial charge in [0.25, 0.3) is 0 Å². The minimum Gasteiger partial charge on any atom is -0.378 e. The van der Waals surface area contributed by atoms with Crippen molar-refractivity contribution in [2.75, 3.05) is 45.6 Å². The summed E-state index contributed by atoms with van der Waals surface area (Å²) in [4.78, 5) is 6.49. The topological polar surface area (TPSA) is 92.1 Å². The molecule has 0 aliphatic carbocycles. The average Bonchev–Trinajstić information content (AvgIpc) is 3.29. The zero-order chi connectivity index (χ0) is 22.3. The van der Waals surface area contributed by atoms with Gasteiger partial charge in [-0.15, -0.1) is 0 Å². The normalized spacial score (nSPS) is 16.1. The van der Waals surface area contributed by atoms with Gasteiger partial charge < -0.3 is 15.0 Å². The molecule has 9 nitrogen and oxygen atoms in total. The third kappa shape index (κ3) is 6.28. The van der Waals surface area contributed by atoms with Gasteiger partial charge in [-0.3, -0.25) is 4.99 Å². The van der Waals surface area contributed by atoms with Crippen LogP contribution in [0.4, 0.5) is 0 Å². The van der Waals surface area contributed by atoms with Crippen LogP contribution < -0.4 is 5.32 Å². The van der Waals surface area contributed by atoms with Gasteiger partial charge in [-0.1, -0.05) is 18.2 Å². The van der Waals surface area contributed by atoms with Crippen LogP contribution in [0.25, 0.3) is 5.69 Å². The minimum atomic E-state index is -3.31. The second-order valence-electron chi connectivity index (χ2n) is 7.60. The summed E-state index contributed by atoms with van der Waals surface area (Å²) in [5, 5.41) is 7.73. The van der Waals surface area contributed by atoms with Crippen molar-refractivity contribution in [2.45, 2.75) is 26.5 Å². The standard InChI is InChI=1S/C21H32N6O3S/c1-18(2)30-15-16-31(28,29)26-13-11-25(12-14-26)21(22-3)23-17-19-7-4-5-8-20(19)27-10-6-9-24-27/h4-10,18H,11-17H2,1-3H3,(H,22,23). The molecule has 1 saturated heterocycles. The first-order valence-corrected chi connectivity index (χ1v) is 12.1. The molecule has 0 unspecified atom stereocenters. The third-order valence-corrected chi connectivity index (χ3v) is 6.95. The number of aliphatic imine (C=N–C) groups is 1. The number of sulfonamides is 1. The van der Waals surface area contributed by atoms with Crippen molar-refractivity contribution in [3.05, 3.63) is 48.3 Å². The molecule has 1 N–H and O–H groups in total. The SMILES string of the molecule is CN=C(NCc1ccccc1-n1cccn1)N1CCN(S(=O)(=O)CCOC(C)C)CC1. The van der Waals surface area contributed by atoms with Crippen molar-refractivity contribution in [2.24, 2.45) is 4.99 Å². The van der Waals surface area contributed by atoms with Crippen molar-refractivity contribution < 1.29 is 13.2 Å². The van der Waals surface area contributed by atoms with Crippen LogP contribution in [0.15, 0.2) is 47.7 Å². The third-order valence-electron chi connectivity index (χ3n) is 5.12. The van der Waals surface area contributed by atoms with E-state index < -0.39 is 10.0 Å². The molecule has 0 bridgehead atoms. The van der Waals surface area contributed by atoms with E-state index in [2.05, 4.69) is 26.4 Å². The maximum atomic E-state index is 12.5. The highest BCUT2D eigenvalue weighted by atomic mass is 32.2. The number of rotatable bonds is 8. The lowest BCUT2D eigenvalue weighted by atomic mass is 10.2. The molecule has 2 aromatic rings. The first kappa shape index (κ1) is 23.2. The molecule has 1 aliphatic rings. The van der Waals surface area contributed by atoms with Gasteiger partial charge in [0.1, 0.15) is 0 Å². The summed E-state index contributed by atoms with van der Waals surface area (Å²) in [6.07, 6.45) is 3.70. The molecule has 10 heteroatoms. The van der Waals surface area contributed by atoms with E-state index in [1.54, 1.807) is 17.5 Å². The fourth-order valence-electron chi connectivity index (χ4n) is 3.50. The van der Waals surface area contributed by atoms with Crippen LogP contribution in [0.1, 0.15) is 19.4 Å². The zero-order valence-corrected chi connectivity index (χ0v) is 19.3. The highest BCUT2D eigenvalue weighted by Crippen LogP contribution is 2.14. The summed E-state index contributed by atoms with van der Waals surface area (Å²) in [5.41, 5.74) is 2.11. The van der Waals surface area contributed by atoms with Gasteiger partial charge in [0.2, 0.25) is 10.0 Å². The maximum Gasteiger partial charge on any atom is 0.216 e. The summed E-state index contributed by atoms with van der Waals surface area (Å²) in [5.74, 6) is 0.776. The average molecular weight is 449 g/mol. The highest BCUT2D eigenvalue weighted by Gasteiger charge is 2.28. The molecule has 1 fully saturated rings. The van der Waals surface area contributed by atoms with E-state index in [9.17, 15) is 8.42 Å². The Kier molecular flexibility index (Phi) is 8.05. The van der Waals surface area contributed by atoms with Gasteiger partial charge in [-0.2, -0.15) is 9.40 Å². The monoisotopic (exact) mass is 448 g/mol. The van der Waals surface area contributed by atoms with E-state index in [1.165, 1.54) is 0 Å². The molecule has 1 aromatic carbocycles. The summed E-state index contributed by atoms with van der Waals surface area (Å²) in [6, 6.07) is 9.96. The van der Waals surface area contributed by atoms with Crippen LogP contribution in [0.2, 0.25) is 0 Å². The minimum absolute atomic E-state index is 0.0162. The Bertz CT molecular complexity index is 951. The quantitative estimate of drug-likeness (QED) is 0.484. The number of hydrogen-bond donors (Lipinski definition) is 1. The largest absolute Gasteiger partial charge is 0.378 e. The number of piperazine rings is 1. The molecule has 0 atom stereocenters. The second-order valence-corrected chi connectivity index (χ2v) is 9.69. The van der Waals surface area contributed by atoms with E-state index >= 15 is 0 Å². The van der Waals surface area contributed by atoms with Gasteiger partial charge in [0.05, 0.1) is 24.2 Å². The molecule has 1 aliphatic heterocycles. The number of nitrogens with zero attached hydrogens (tertiary/aromatic N) is 5. The zero-order valence-electron chi connectivity index (χ0n) is 18.4. The second kappa shape index (κ2) is 10.7. The van der Waals surface area contributed by atoms with Gasteiger partial charge in [-0.25, -0.2) is 13.1 Å². The van der Waals surface area contributed by atoms with Crippen molar-refractivity contribution in [1.82, 2.24) is 24.3 Å². The van der Waals surface area contributed by atoms with E-state index in [1.807, 2.05) is 49.0 Å². The molecule has 0 saturated carbocycles. The van der Waals surface area contributed by atoms with Crippen LogP contribution in [0.3, 0.4) is 0 Å². The van der Waals surface area contributed by atoms with Crippen molar-refractivity contribution in [3.8, 4) is 5.69 Å². The molecule has 31 heavy (non-hydrogen) atoms. The molecule has 0 spiro atoms. The lowest BCUT2D eigenvalue weighted by Gasteiger charge is -2.36. The fourth-order valence-corrected chi connectivity index (χ4v) is 4.78. The Labute approximate surface area is 184 Å². The number of guanidine groups is 1. The Morgan fingerprint density at radius 3 is 2.58 bits per heavy atom. The number of hydrogen-bond acceptors (Lipinski definition) is 5. The van der Waals surface area contributed by atoms with E-state index in [-0.39, 0.29) is 18.5 Å². The van der Waals surface area contributed by atoms with E-state index in [0.29, 0.717) is 32.7 Å². The van der Waals surface area contributed by atoms with Gasteiger partial charge >= 0.3 is 0 Å². The predicted octanol–water partition coefficient (Wildman–Crippen LogP) is 1.32. The Balaban J connectivity index is 1.55. The molecule has 0 radical (unpaired) electrons. The van der Waals surface area contributed by atoms with Crippen LogP contribution in [-0.4, -0.2) is 85.1 Å². The van der Waals surface area contributed by atoms with E-state index in [4.69, 9.17) is 4.74 Å². The van der Waals surface area contributed by atoms with Gasteiger partial charge in [0.15, 0.2) is 5.96 Å². The van der Waals surface area contributed by atoms with Gasteiger partial charge in [-0.05, 0) is 31.5 Å². The van der Waals surface area contributed by atoms with Crippen molar-refractivity contribution in [3.63, 3.8) is 0 Å². The van der Waals surface area contributed by atoms with Crippen LogP contribution in [0, 0.1) is 0 Å². The molecule has 2 heterocycles. The number of nitrogens with one attached hydrogen (secondary N) is 1. The molecular formula is C21H32N6O3S. The van der Waals surface area contributed by atoms with E-state index in [0.717, 1.165) is 17.2 Å². The predicted molar refractivity (Wildman–Crippen MR) is 122 cm³/mol. The molecular weight excluding hydrogens is 416 g/mol. The summed E-state index contributed by atoms with van der Waals surface area (Å²) >= 11 is 0. The van der Waals surface area contributed by atoms with Crippen LogP contribution >= 0.6 is 0 Å². The lowest BCUT2D eigenvalue weighted by Crippen LogP contribution is -2.54. The Morgan fingerprint density at radius 2 is 1.94 bits per heavy atom.